The number of carbonyl (C=O) groups excluding carboxylic acids is 1. The van der Waals surface area contributed by atoms with Gasteiger partial charge in [-0.15, -0.1) is 0 Å². The van der Waals surface area contributed by atoms with E-state index in [4.69, 9.17) is 0 Å². The second kappa shape index (κ2) is 5.24. The van der Waals surface area contributed by atoms with Crippen molar-refractivity contribution in [3.63, 3.8) is 0 Å². The number of aryl methyl sites for hydroxylation is 1. The third-order valence-electron chi connectivity index (χ3n) is 2.74. The van der Waals surface area contributed by atoms with Crippen molar-refractivity contribution in [3.05, 3.63) is 59.7 Å². The van der Waals surface area contributed by atoms with Crippen LogP contribution in [-0.2, 0) is 10.0 Å². The zero-order chi connectivity index (χ0) is 13.9. The molecule has 0 spiro atoms. The van der Waals surface area contributed by atoms with Gasteiger partial charge in [-0.1, -0.05) is 30.3 Å². The Kier molecular flexibility index (Phi) is 3.66. The van der Waals surface area contributed by atoms with Crippen LogP contribution in [0.25, 0.3) is 0 Å². The summed E-state index contributed by atoms with van der Waals surface area (Å²) in [4.78, 5) is 11.2. The summed E-state index contributed by atoms with van der Waals surface area (Å²) in [6.45, 7) is 1.75. The van der Waals surface area contributed by atoms with Gasteiger partial charge in [-0.25, -0.2) is 8.42 Å². The molecule has 0 amide bonds. The van der Waals surface area contributed by atoms with Crippen LogP contribution in [0.5, 0.6) is 0 Å². The summed E-state index contributed by atoms with van der Waals surface area (Å²) in [5.74, 6) is 0. The van der Waals surface area contributed by atoms with E-state index in [0.717, 1.165) is 5.56 Å². The minimum atomic E-state index is -3.67. The number of hydrogen-bond acceptors (Lipinski definition) is 3. The lowest BCUT2D eigenvalue weighted by molar-refractivity contribution is 0.112. The number of anilines is 1. The monoisotopic (exact) mass is 275 g/mol. The standard InChI is InChI=1S/C14H13NO3S/c1-11-6-5-9-14(13(11)10-16)15-19(17,18)12-7-3-2-4-8-12/h2-10,15H,1H3. The van der Waals surface area contributed by atoms with Crippen molar-refractivity contribution < 1.29 is 13.2 Å². The lowest BCUT2D eigenvalue weighted by Gasteiger charge is -2.11. The Morgan fingerprint density at radius 1 is 1.00 bits per heavy atom. The summed E-state index contributed by atoms with van der Waals surface area (Å²) in [5, 5.41) is 0. The summed E-state index contributed by atoms with van der Waals surface area (Å²) in [7, 11) is -3.67. The second-order valence-corrected chi connectivity index (χ2v) is 5.75. The number of carbonyl (C=O) groups is 1. The molecule has 2 aromatic rings. The molecule has 0 saturated heterocycles. The van der Waals surface area contributed by atoms with Crippen LogP contribution in [0.4, 0.5) is 5.69 Å². The van der Waals surface area contributed by atoms with Gasteiger partial charge in [-0.2, -0.15) is 0 Å². The predicted octanol–water partition coefficient (Wildman–Crippen LogP) is 2.61. The third-order valence-corrected chi connectivity index (χ3v) is 4.12. The molecule has 0 aliphatic heterocycles. The van der Waals surface area contributed by atoms with Crippen molar-refractivity contribution in [2.75, 3.05) is 4.72 Å². The topological polar surface area (TPSA) is 63.2 Å². The average Bonchev–Trinajstić information content (AvgIpc) is 2.40. The van der Waals surface area contributed by atoms with Crippen LogP contribution in [0.3, 0.4) is 0 Å². The van der Waals surface area contributed by atoms with Gasteiger partial charge in [0.2, 0.25) is 0 Å². The SMILES string of the molecule is Cc1cccc(NS(=O)(=O)c2ccccc2)c1C=O. The highest BCUT2D eigenvalue weighted by Crippen LogP contribution is 2.21. The minimum absolute atomic E-state index is 0.161. The smallest absolute Gasteiger partial charge is 0.261 e. The maximum absolute atomic E-state index is 12.2. The number of aldehydes is 1. The molecule has 0 aliphatic carbocycles. The molecule has 1 N–H and O–H groups in total. The number of sulfonamides is 1. The van der Waals surface area contributed by atoms with Crippen molar-refractivity contribution in [2.24, 2.45) is 0 Å². The van der Waals surface area contributed by atoms with Crippen LogP contribution in [0, 0.1) is 6.92 Å². The molecule has 2 rings (SSSR count). The molecule has 0 bridgehead atoms. The molecule has 4 nitrogen and oxygen atoms in total. The average molecular weight is 275 g/mol. The van der Waals surface area contributed by atoms with Gasteiger partial charge in [0, 0.05) is 5.56 Å². The summed E-state index contributed by atoms with van der Waals surface area (Å²) in [6.07, 6.45) is 0.651. The molecular weight excluding hydrogens is 262 g/mol. The molecule has 19 heavy (non-hydrogen) atoms. The van der Waals surface area contributed by atoms with Gasteiger partial charge in [-0.3, -0.25) is 9.52 Å². The zero-order valence-electron chi connectivity index (χ0n) is 10.3. The molecule has 98 valence electrons. The van der Waals surface area contributed by atoms with Gasteiger partial charge in [0.05, 0.1) is 10.6 Å². The molecule has 0 atom stereocenters. The molecule has 0 heterocycles. The lowest BCUT2D eigenvalue weighted by atomic mass is 10.1. The highest BCUT2D eigenvalue weighted by molar-refractivity contribution is 7.92. The second-order valence-electron chi connectivity index (χ2n) is 4.07. The first-order chi connectivity index (χ1) is 9.04. The van der Waals surface area contributed by atoms with Gasteiger partial charge in [0.15, 0.2) is 6.29 Å². The van der Waals surface area contributed by atoms with Crippen molar-refractivity contribution in [1.29, 1.82) is 0 Å². The van der Waals surface area contributed by atoms with Gasteiger partial charge < -0.3 is 0 Å². The highest BCUT2D eigenvalue weighted by Gasteiger charge is 2.15. The fraction of sp³-hybridized carbons (Fsp3) is 0.0714. The Balaban J connectivity index is 2.42. The summed E-state index contributed by atoms with van der Waals surface area (Å²) in [5.41, 5.74) is 1.36. The summed E-state index contributed by atoms with van der Waals surface area (Å²) < 4.78 is 26.7. The quantitative estimate of drug-likeness (QED) is 0.872. The maximum Gasteiger partial charge on any atom is 0.261 e. The molecule has 5 heteroatoms. The molecular formula is C14H13NO3S. The van der Waals surface area contributed by atoms with Crippen molar-refractivity contribution in [2.45, 2.75) is 11.8 Å². The van der Waals surface area contributed by atoms with E-state index in [1.54, 1.807) is 43.3 Å². The predicted molar refractivity (Wildman–Crippen MR) is 73.8 cm³/mol. The normalized spacial score (nSPS) is 11.0. The number of benzene rings is 2. The van der Waals surface area contributed by atoms with Crippen molar-refractivity contribution >= 4 is 22.0 Å². The van der Waals surface area contributed by atoms with Gasteiger partial charge in [0.25, 0.3) is 10.0 Å². The van der Waals surface area contributed by atoms with Crippen molar-refractivity contribution in [1.82, 2.24) is 0 Å². The first-order valence-corrected chi connectivity index (χ1v) is 7.15. The Labute approximate surface area is 112 Å². The first kappa shape index (κ1) is 13.3. The molecule has 0 aliphatic rings. The number of rotatable bonds is 4. The van der Waals surface area contributed by atoms with E-state index in [9.17, 15) is 13.2 Å². The Bertz CT molecular complexity index is 694. The van der Waals surface area contributed by atoms with E-state index in [1.807, 2.05) is 0 Å². The van der Waals surface area contributed by atoms with Gasteiger partial charge in [0.1, 0.15) is 0 Å². The van der Waals surface area contributed by atoms with E-state index in [1.165, 1.54) is 12.1 Å². The van der Waals surface area contributed by atoms with Crippen LogP contribution >= 0.6 is 0 Å². The molecule has 0 radical (unpaired) electrons. The Morgan fingerprint density at radius 2 is 1.68 bits per heavy atom. The Hall–Kier alpha value is -2.14. The van der Waals surface area contributed by atoms with E-state index >= 15 is 0 Å². The fourth-order valence-electron chi connectivity index (χ4n) is 1.73. The molecule has 0 unspecified atom stereocenters. The fourth-order valence-corrected chi connectivity index (χ4v) is 2.83. The summed E-state index contributed by atoms with van der Waals surface area (Å²) in [6, 6.07) is 13.0. The lowest BCUT2D eigenvalue weighted by Crippen LogP contribution is -2.14. The number of hydrogen-bond donors (Lipinski definition) is 1. The Morgan fingerprint density at radius 3 is 2.32 bits per heavy atom. The highest BCUT2D eigenvalue weighted by atomic mass is 32.2. The minimum Gasteiger partial charge on any atom is -0.298 e. The van der Waals surface area contributed by atoms with E-state index in [0.29, 0.717) is 17.5 Å². The van der Waals surface area contributed by atoms with Crippen LogP contribution in [0.15, 0.2) is 53.4 Å². The zero-order valence-corrected chi connectivity index (χ0v) is 11.1. The van der Waals surface area contributed by atoms with Gasteiger partial charge in [-0.05, 0) is 30.7 Å². The van der Waals surface area contributed by atoms with Crippen LogP contribution in [-0.4, -0.2) is 14.7 Å². The molecule has 0 fully saturated rings. The van der Waals surface area contributed by atoms with E-state index < -0.39 is 10.0 Å². The first-order valence-electron chi connectivity index (χ1n) is 5.67. The van der Waals surface area contributed by atoms with Crippen molar-refractivity contribution in [3.8, 4) is 0 Å². The number of nitrogens with one attached hydrogen (secondary N) is 1. The van der Waals surface area contributed by atoms with Gasteiger partial charge >= 0.3 is 0 Å². The molecule has 2 aromatic carbocycles. The molecule has 0 saturated carbocycles. The van der Waals surface area contributed by atoms with Crippen LogP contribution < -0.4 is 4.72 Å². The summed E-state index contributed by atoms with van der Waals surface area (Å²) >= 11 is 0. The largest absolute Gasteiger partial charge is 0.298 e. The molecule has 0 aromatic heterocycles. The van der Waals surface area contributed by atoms with E-state index in [2.05, 4.69) is 4.72 Å². The van der Waals surface area contributed by atoms with Crippen LogP contribution in [0.1, 0.15) is 15.9 Å². The van der Waals surface area contributed by atoms with Crippen LogP contribution in [0.2, 0.25) is 0 Å². The maximum atomic E-state index is 12.2. The third kappa shape index (κ3) is 2.82. The van der Waals surface area contributed by atoms with E-state index in [-0.39, 0.29) is 4.90 Å².